The summed E-state index contributed by atoms with van der Waals surface area (Å²) in [5.41, 5.74) is 0.506. The molecule has 0 saturated heterocycles. The number of nitrogens with zero attached hydrogens (tertiary/aromatic N) is 3. The van der Waals surface area contributed by atoms with Gasteiger partial charge in [-0.1, -0.05) is 202 Å². The normalized spacial score (nSPS) is 11.3. The van der Waals surface area contributed by atoms with E-state index in [1.165, 1.54) is 103 Å². The lowest BCUT2D eigenvalue weighted by Crippen LogP contribution is -2.37. The number of carboxylic acids is 2. The SMILES string of the molecule is CCCCCCCCCCCC(=O)NCCCC(=O)N(CCOCCOCCC(=O)P)CCOCCOCCC(=O)PP.O=C(O)CCCCCCCCCCC(=O)NCCCCC(=O)N(CCOCCOCCC(=O)P)CCOCCOCCC(=O)PP.O=C(O)CCCCCCCCCCCCCCCCC(=O)NCCCCC(=O)N(CCOCCOCCC(=O)P)CCOCCOCCC(=O)PP. The average Bonchev–Trinajstić information content (AvgIpc) is 0.944. The molecule has 9 unspecified atom stereocenters. The number of aliphatic carboxylic acids is 2. The molecule has 0 heterocycles. The predicted molar refractivity (Wildman–Crippen MR) is 584 cm³/mol. The van der Waals surface area contributed by atoms with Gasteiger partial charge in [0, 0.05) is 149 Å². The van der Waals surface area contributed by atoms with Gasteiger partial charge in [0.2, 0.25) is 35.4 Å². The van der Waals surface area contributed by atoms with Crippen molar-refractivity contribution in [2.24, 2.45) is 0 Å². The van der Waals surface area contributed by atoms with Crippen molar-refractivity contribution in [1.29, 1.82) is 0 Å². The molecule has 0 aliphatic carbocycles. The summed E-state index contributed by atoms with van der Waals surface area (Å²) >= 11 is 0. The molecule has 34 nitrogen and oxygen atoms in total. The molecule has 5 N–H and O–H groups in total. The lowest BCUT2D eigenvalue weighted by Gasteiger charge is -2.23. The second-order valence-corrected chi connectivity index (χ2v) is 41.4. The predicted octanol–water partition coefficient (Wildman–Crippen LogP) is 15.9. The van der Waals surface area contributed by atoms with Crippen LogP contribution in [0.25, 0.3) is 0 Å². The van der Waals surface area contributed by atoms with Gasteiger partial charge < -0.3 is 97.7 Å². The Hall–Kier alpha value is -2.83. The van der Waals surface area contributed by atoms with Gasteiger partial charge >= 0.3 is 11.9 Å². The van der Waals surface area contributed by atoms with Crippen molar-refractivity contribution >= 4 is 160 Å². The summed E-state index contributed by atoms with van der Waals surface area (Å²) in [5, 5.41) is 26.2. The Bertz CT molecular complexity index is 3070. The molecule has 6 amide bonds. The number of unbranched alkanes of at least 4 members (excludes halogenated alkanes) is 30. The van der Waals surface area contributed by atoms with Gasteiger partial charge in [-0.2, -0.15) is 0 Å². The summed E-state index contributed by atoms with van der Waals surface area (Å²) in [4.78, 5) is 168. The molecule has 0 aliphatic rings. The Labute approximate surface area is 865 Å². The summed E-state index contributed by atoms with van der Waals surface area (Å²) in [7, 11) is 14.3. The van der Waals surface area contributed by atoms with Crippen molar-refractivity contribution in [2.75, 3.05) is 217 Å². The maximum absolute atomic E-state index is 13.0. The monoisotopic (exact) mass is 2180 g/mol. The third-order valence-corrected chi connectivity index (χ3v) is 27.5. The van der Waals surface area contributed by atoms with E-state index in [2.05, 4.69) is 77.4 Å². The first kappa shape index (κ1) is 142. The molecule has 824 valence electrons. The first-order chi connectivity index (χ1) is 68.4. The van der Waals surface area contributed by atoms with Crippen LogP contribution in [0.3, 0.4) is 0 Å². The summed E-state index contributed by atoms with van der Waals surface area (Å²) in [6, 6.07) is 0. The van der Waals surface area contributed by atoms with Crippen LogP contribution in [0.4, 0.5) is 0 Å². The van der Waals surface area contributed by atoms with E-state index in [1.54, 1.807) is 14.7 Å². The molecule has 9 atom stereocenters. The number of hydrogen-bond acceptors (Lipinski definition) is 26. The Morgan fingerprint density at radius 3 is 0.596 bits per heavy atom. The van der Waals surface area contributed by atoms with Crippen molar-refractivity contribution in [3.05, 3.63) is 0 Å². The molecule has 0 rings (SSSR count). The minimum atomic E-state index is -0.730. The minimum Gasteiger partial charge on any atom is -0.481 e. The van der Waals surface area contributed by atoms with Crippen LogP contribution in [0.2, 0.25) is 0 Å². The van der Waals surface area contributed by atoms with Crippen molar-refractivity contribution in [1.82, 2.24) is 30.7 Å². The van der Waals surface area contributed by atoms with Gasteiger partial charge in [0.25, 0.3) is 0 Å². The molecule has 0 bridgehead atoms. The minimum absolute atomic E-state index is 0.000516. The van der Waals surface area contributed by atoms with Gasteiger partial charge in [0.15, 0.2) is 33.1 Å². The number of amides is 6. The number of hydrogen-bond donors (Lipinski definition) is 5. The first-order valence-electron chi connectivity index (χ1n) is 52.3. The smallest absolute Gasteiger partial charge is 0.303 e. The molecule has 0 spiro atoms. The second-order valence-electron chi connectivity index (χ2n) is 34.3. The molecular weight excluding hydrogens is 1990 g/mol. The highest BCUT2D eigenvalue weighted by Crippen LogP contribution is 2.25. The fourth-order valence-electron chi connectivity index (χ4n) is 13.7. The number of nitrogens with one attached hydrogen (secondary N) is 3. The third kappa shape index (κ3) is 116. The van der Waals surface area contributed by atoms with Gasteiger partial charge in [0.05, 0.1) is 159 Å². The van der Waals surface area contributed by atoms with E-state index in [4.69, 9.17) is 67.1 Å². The zero-order chi connectivity index (χ0) is 104. The molecule has 0 saturated carbocycles. The van der Waals surface area contributed by atoms with E-state index in [0.717, 1.165) is 103 Å². The Balaban J connectivity index is -0.00000204. The first-order valence-corrected chi connectivity index (χ1v) is 62.4. The molecule has 0 fully saturated rings. The van der Waals surface area contributed by atoms with Crippen LogP contribution in [-0.4, -0.2) is 323 Å². The highest BCUT2D eigenvalue weighted by atomic mass is 32.0. The Kier molecular flexibility index (Phi) is 115. The van der Waals surface area contributed by atoms with E-state index in [-0.39, 0.29) is 99.8 Å². The van der Waals surface area contributed by atoms with Crippen LogP contribution in [0.5, 0.6) is 0 Å². The van der Waals surface area contributed by atoms with Crippen molar-refractivity contribution in [2.45, 2.75) is 328 Å². The van der Waals surface area contributed by atoms with Crippen molar-refractivity contribution < 1.29 is 134 Å². The molecule has 0 radical (unpaired) electrons. The maximum Gasteiger partial charge on any atom is 0.303 e. The number of carbonyl (C=O) groups excluding carboxylic acids is 12. The van der Waals surface area contributed by atoms with E-state index in [1.807, 2.05) is 0 Å². The van der Waals surface area contributed by atoms with Crippen molar-refractivity contribution in [3.8, 4) is 0 Å². The molecule has 0 aromatic rings. The standard InChI is InChI=1S/C37H71N2O10P3.C31H59N2O10P3.C30H59N2O8P3/c40-33(17-13-11-9-7-5-3-1-2-4-6-8-10-12-14-19-35(42)43)38-22-16-15-18-34(41)39(23-27-48-31-29-46-25-20-36(44)50)24-28-49-32-30-47-26-21-37(45)52-51;34-27(11-7-5-3-1-2-4-6-8-13-29(36)37)32-16-10-9-12-28(35)33(17-21-42-25-23-40-19-14-30(38)44)18-22-43-26-24-41-20-15-31(39)46-45;1-2-3-4-5-6-7-8-9-10-12-27(33)31-16-11-13-28(34)32(17-21-39-25-23-37-19-14-29(35)41)18-22-40-26-24-38-20-15-30(36)43-42/h52H,1-32,50-51H2,(H,38,40)(H,42,43);46H,1-26,44-45H2,(H,32,34)(H,36,37);43H,2-26,41-42H2,1H3,(H,31,33). The Morgan fingerprint density at radius 2 is 0.390 bits per heavy atom. The van der Waals surface area contributed by atoms with Gasteiger partial charge in [-0.15, -0.1) is 26.8 Å². The largest absolute Gasteiger partial charge is 0.481 e. The molecule has 0 aromatic carbocycles. The highest BCUT2D eigenvalue weighted by Gasteiger charge is 2.19. The van der Waals surface area contributed by atoms with Gasteiger partial charge in [-0.25, -0.2) is 0 Å². The summed E-state index contributed by atoms with van der Waals surface area (Å²) in [6.07, 6.45) is 44.0. The quantitative estimate of drug-likeness (QED) is 0.0279. The van der Waals surface area contributed by atoms with Gasteiger partial charge in [0.1, 0.15) is 0 Å². The van der Waals surface area contributed by atoms with Crippen LogP contribution in [0, 0.1) is 0 Å². The fraction of sp³-hybridized carbons (Fsp3) is 0.857. The van der Waals surface area contributed by atoms with Crippen molar-refractivity contribution in [3.63, 3.8) is 0 Å². The molecule has 0 aromatic heterocycles. The van der Waals surface area contributed by atoms with E-state index < -0.39 is 11.9 Å². The summed E-state index contributed by atoms with van der Waals surface area (Å²) in [5.74, 6) is -1.24. The lowest BCUT2D eigenvalue weighted by atomic mass is 10.0. The number of carboxylic acid groups (broad SMARTS) is 2. The lowest BCUT2D eigenvalue weighted by molar-refractivity contribution is -0.138. The molecule has 0 aliphatic heterocycles. The zero-order valence-electron chi connectivity index (χ0n) is 86.0. The van der Waals surface area contributed by atoms with E-state index in [9.17, 15) is 67.1 Å². The fourth-order valence-corrected chi connectivity index (χ4v) is 16.1. The number of carbonyl (C=O) groups is 14. The van der Waals surface area contributed by atoms with Crippen LogP contribution in [0.15, 0.2) is 0 Å². The molecule has 43 heteroatoms. The molecule has 141 heavy (non-hydrogen) atoms. The third-order valence-electron chi connectivity index (χ3n) is 22.0. The van der Waals surface area contributed by atoms with Crippen LogP contribution >= 0.6 is 79.3 Å². The number of ether oxygens (including phenoxy) is 12. The van der Waals surface area contributed by atoms with Gasteiger partial charge in [-0.3, -0.25) is 67.1 Å². The topological polar surface area (TPSA) is 436 Å². The zero-order valence-corrected chi connectivity index (χ0v) is 95.9. The molecular formula is C98H189N6O28P9. The summed E-state index contributed by atoms with van der Waals surface area (Å²) < 4.78 is 66.1. The maximum atomic E-state index is 13.0. The van der Waals surface area contributed by atoms with E-state index in [0.29, 0.717) is 327 Å². The number of rotatable bonds is 109. The van der Waals surface area contributed by atoms with Crippen LogP contribution in [0.1, 0.15) is 328 Å². The summed E-state index contributed by atoms with van der Waals surface area (Å²) in [6.45, 7) is 15.3. The van der Waals surface area contributed by atoms with Crippen LogP contribution < -0.4 is 16.0 Å². The van der Waals surface area contributed by atoms with Gasteiger partial charge in [-0.05, 0) is 89.0 Å². The van der Waals surface area contributed by atoms with Crippen LogP contribution in [-0.2, 0) is 124 Å². The second kappa shape index (κ2) is 114. The van der Waals surface area contributed by atoms with E-state index >= 15 is 0 Å². The Morgan fingerprint density at radius 1 is 0.213 bits per heavy atom. The average molecular weight is 2180 g/mol. The highest BCUT2D eigenvalue weighted by molar-refractivity contribution is 8.12.